The van der Waals surface area contributed by atoms with Crippen molar-refractivity contribution < 1.29 is 14.4 Å². The molecule has 6 atom stereocenters. The summed E-state index contributed by atoms with van der Waals surface area (Å²) in [4.78, 5) is 38.5. The van der Waals surface area contributed by atoms with Crippen molar-refractivity contribution in [3.05, 3.63) is 34.9 Å². The van der Waals surface area contributed by atoms with Crippen LogP contribution in [0, 0.1) is 23.7 Å². The fourth-order valence-electron chi connectivity index (χ4n) is 7.12. The standard InChI is InChI=1S/C24H30N4O3/c29-22-7-6-21(23(30)27-22)28-12-19-14(2-1-3-16(19)24(28)31)9-26-20-8-13-4-5-15(20)18-11-25-10-17(13)18/h1-3,13,15,17-18,20-21,25-26H,4-12H2,(H,27,29,30)/t13-,15-,17+,18-,20-,21?/m1/s1. The van der Waals surface area contributed by atoms with E-state index < -0.39 is 6.04 Å². The molecule has 2 saturated heterocycles. The number of hydrogen-bond acceptors (Lipinski definition) is 5. The predicted molar refractivity (Wildman–Crippen MR) is 114 cm³/mol. The molecule has 3 aliphatic carbocycles. The van der Waals surface area contributed by atoms with Gasteiger partial charge < -0.3 is 15.5 Å². The van der Waals surface area contributed by atoms with Crippen LogP contribution in [0.1, 0.15) is 53.6 Å². The van der Waals surface area contributed by atoms with Crippen LogP contribution in [0.2, 0.25) is 0 Å². The van der Waals surface area contributed by atoms with E-state index in [1.54, 1.807) is 4.90 Å². The van der Waals surface area contributed by atoms with Crippen molar-refractivity contribution in [2.75, 3.05) is 13.1 Å². The van der Waals surface area contributed by atoms with Gasteiger partial charge in [-0.25, -0.2) is 0 Å². The molecule has 31 heavy (non-hydrogen) atoms. The smallest absolute Gasteiger partial charge is 0.255 e. The van der Waals surface area contributed by atoms with Gasteiger partial charge in [-0.05, 0) is 79.6 Å². The number of imide groups is 1. The molecule has 0 radical (unpaired) electrons. The molecule has 164 valence electrons. The lowest BCUT2D eigenvalue weighted by atomic mass is 9.58. The minimum Gasteiger partial charge on any atom is -0.322 e. The minimum atomic E-state index is -0.556. The quantitative estimate of drug-likeness (QED) is 0.634. The molecule has 1 unspecified atom stereocenters. The van der Waals surface area contributed by atoms with Crippen molar-refractivity contribution in [3.63, 3.8) is 0 Å². The van der Waals surface area contributed by atoms with E-state index in [9.17, 15) is 14.4 Å². The summed E-state index contributed by atoms with van der Waals surface area (Å²) >= 11 is 0. The number of carbonyl (C=O) groups excluding carboxylic acids is 3. The lowest BCUT2D eigenvalue weighted by Gasteiger charge is -2.50. The molecular formula is C24H30N4O3. The maximum Gasteiger partial charge on any atom is 0.255 e. The molecule has 7 heteroatoms. The highest BCUT2D eigenvalue weighted by Crippen LogP contribution is 2.50. The third-order valence-electron chi connectivity index (χ3n) is 8.64. The first-order valence-electron chi connectivity index (χ1n) is 11.8. The summed E-state index contributed by atoms with van der Waals surface area (Å²) in [5.74, 6) is 2.58. The Bertz CT molecular complexity index is 947. The van der Waals surface area contributed by atoms with Crippen molar-refractivity contribution in [2.45, 2.75) is 57.3 Å². The molecular weight excluding hydrogens is 392 g/mol. The Morgan fingerprint density at radius 3 is 2.77 bits per heavy atom. The van der Waals surface area contributed by atoms with Crippen molar-refractivity contribution >= 4 is 17.7 Å². The lowest BCUT2D eigenvalue weighted by Crippen LogP contribution is -2.52. The molecule has 2 bridgehead atoms. The van der Waals surface area contributed by atoms with Crippen LogP contribution < -0.4 is 16.0 Å². The number of amides is 3. The highest BCUT2D eigenvalue weighted by Gasteiger charge is 2.50. The zero-order chi connectivity index (χ0) is 21.1. The van der Waals surface area contributed by atoms with Crippen LogP contribution in [-0.4, -0.2) is 47.8 Å². The van der Waals surface area contributed by atoms with Gasteiger partial charge in [-0.15, -0.1) is 0 Å². The Morgan fingerprint density at radius 1 is 1.03 bits per heavy atom. The molecule has 3 amide bonds. The van der Waals surface area contributed by atoms with Crippen LogP contribution in [0.5, 0.6) is 0 Å². The summed E-state index contributed by atoms with van der Waals surface area (Å²) in [6.07, 6.45) is 4.66. The van der Waals surface area contributed by atoms with Crippen molar-refractivity contribution in [3.8, 4) is 0 Å². The van der Waals surface area contributed by atoms with Gasteiger partial charge in [0.15, 0.2) is 0 Å². The number of rotatable bonds is 4. The third-order valence-corrected chi connectivity index (χ3v) is 8.64. The van der Waals surface area contributed by atoms with Crippen molar-refractivity contribution in [1.29, 1.82) is 0 Å². The molecule has 3 saturated carbocycles. The molecule has 7 rings (SSSR count). The van der Waals surface area contributed by atoms with E-state index in [-0.39, 0.29) is 24.1 Å². The van der Waals surface area contributed by atoms with Gasteiger partial charge in [-0.3, -0.25) is 19.7 Å². The van der Waals surface area contributed by atoms with E-state index in [4.69, 9.17) is 0 Å². The van der Waals surface area contributed by atoms with Gasteiger partial charge in [0.05, 0.1) is 0 Å². The van der Waals surface area contributed by atoms with E-state index in [0.717, 1.165) is 41.3 Å². The Kier molecular flexibility index (Phi) is 4.65. The topological polar surface area (TPSA) is 90.5 Å². The highest BCUT2D eigenvalue weighted by molar-refractivity contribution is 6.05. The second kappa shape index (κ2) is 7.41. The Labute approximate surface area is 182 Å². The van der Waals surface area contributed by atoms with Crippen LogP contribution in [-0.2, 0) is 22.7 Å². The molecule has 0 spiro atoms. The number of nitrogens with zero attached hydrogens (tertiary/aromatic N) is 1. The van der Waals surface area contributed by atoms with Crippen molar-refractivity contribution in [1.82, 2.24) is 20.9 Å². The van der Waals surface area contributed by atoms with Gasteiger partial charge in [-0.1, -0.05) is 12.1 Å². The van der Waals surface area contributed by atoms with Gasteiger partial charge in [0.2, 0.25) is 11.8 Å². The van der Waals surface area contributed by atoms with Gasteiger partial charge in [0.1, 0.15) is 6.04 Å². The Hall–Kier alpha value is -2.25. The molecule has 5 fully saturated rings. The zero-order valence-corrected chi connectivity index (χ0v) is 17.7. The summed E-state index contributed by atoms with van der Waals surface area (Å²) < 4.78 is 0. The largest absolute Gasteiger partial charge is 0.322 e. The summed E-state index contributed by atoms with van der Waals surface area (Å²) in [5, 5.41) is 9.85. The zero-order valence-electron chi connectivity index (χ0n) is 17.7. The summed E-state index contributed by atoms with van der Waals surface area (Å²) in [6, 6.07) is 5.92. The van der Waals surface area contributed by atoms with E-state index in [1.165, 1.54) is 32.4 Å². The number of carbonyl (C=O) groups is 3. The second-order valence-electron chi connectivity index (χ2n) is 10.1. The van der Waals surface area contributed by atoms with Gasteiger partial charge in [0, 0.05) is 31.1 Å². The number of hydrogen-bond donors (Lipinski definition) is 3. The SMILES string of the molecule is O=C1CCC(N2Cc3c(CN[C@@H]4C[C@H]5CC[C@@H]4[C@H]4CNC[C@@H]54)cccc3C2=O)C(=O)N1. The minimum absolute atomic E-state index is 0.0945. The molecule has 3 N–H and O–H groups in total. The fraction of sp³-hybridized carbons (Fsp3) is 0.625. The van der Waals surface area contributed by atoms with Gasteiger partial charge in [0.25, 0.3) is 5.91 Å². The van der Waals surface area contributed by atoms with Crippen LogP contribution >= 0.6 is 0 Å². The number of nitrogens with one attached hydrogen (secondary N) is 3. The van der Waals surface area contributed by atoms with E-state index in [2.05, 4.69) is 22.0 Å². The van der Waals surface area contributed by atoms with E-state index in [0.29, 0.717) is 24.6 Å². The van der Waals surface area contributed by atoms with Crippen LogP contribution in [0.3, 0.4) is 0 Å². The third kappa shape index (κ3) is 3.12. The first-order chi connectivity index (χ1) is 15.1. The molecule has 0 aromatic heterocycles. The average molecular weight is 423 g/mol. The number of benzene rings is 1. The highest BCUT2D eigenvalue weighted by atomic mass is 16.2. The monoisotopic (exact) mass is 422 g/mol. The summed E-state index contributed by atoms with van der Waals surface area (Å²) in [5.41, 5.74) is 2.89. The fourth-order valence-corrected chi connectivity index (χ4v) is 7.12. The Morgan fingerprint density at radius 2 is 1.90 bits per heavy atom. The average Bonchev–Trinajstić information content (AvgIpc) is 3.40. The van der Waals surface area contributed by atoms with E-state index >= 15 is 0 Å². The van der Waals surface area contributed by atoms with Gasteiger partial charge in [-0.2, -0.15) is 0 Å². The predicted octanol–water partition coefficient (Wildman–Crippen LogP) is 1.17. The van der Waals surface area contributed by atoms with Crippen LogP contribution in [0.15, 0.2) is 18.2 Å². The molecule has 1 aromatic carbocycles. The normalized spacial score (nSPS) is 36.5. The van der Waals surface area contributed by atoms with Crippen LogP contribution in [0.25, 0.3) is 0 Å². The molecule has 7 nitrogen and oxygen atoms in total. The maximum absolute atomic E-state index is 13.0. The first kappa shape index (κ1) is 19.4. The van der Waals surface area contributed by atoms with Crippen LogP contribution in [0.4, 0.5) is 0 Å². The van der Waals surface area contributed by atoms with Gasteiger partial charge >= 0.3 is 0 Å². The molecule has 6 aliphatic rings. The molecule has 3 aliphatic heterocycles. The second-order valence-corrected chi connectivity index (χ2v) is 10.1. The molecule has 1 aromatic rings. The van der Waals surface area contributed by atoms with E-state index in [1.807, 2.05) is 12.1 Å². The number of piperidine rings is 1. The Balaban J connectivity index is 1.17. The lowest BCUT2D eigenvalue weighted by molar-refractivity contribution is -0.136. The summed E-state index contributed by atoms with van der Waals surface area (Å²) in [7, 11) is 0. The summed E-state index contributed by atoms with van der Waals surface area (Å²) in [6.45, 7) is 3.57. The maximum atomic E-state index is 13.0. The number of fused-ring (bicyclic) bond motifs is 3. The molecule has 3 heterocycles. The van der Waals surface area contributed by atoms with Crippen molar-refractivity contribution in [2.24, 2.45) is 23.7 Å². The first-order valence-corrected chi connectivity index (χ1v) is 11.8.